The van der Waals surface area contributed by atoms with Crippen LogP contribution in [0.1, 0.15) is 32.3 Å². The van der Waals surface area contributed by atoms with Crippen molar-refractivity contribution in [2.75, 3.05) is 18.5 Å². The first-order chi connectivity index (χ1) is 11.3. The van der Waals surface area contributed by atoms with Gasteiger partial charge in [-0.2, -0.15) is 0 Å². The monoisotopic (exact) mass is 356 g/mol. The highest BCUT2D eigenvalue weighted by Gasteiger charge is 2.18. The van der Waals surface area contributed by atoms with Crippen LogP contribution < -0.4 is 15.7 Å². The molecule has 0 unspecified atom stereocenters. The summed E-state index contributed by atoms with van der Waals surface area (Å²) in [6.45, 7) is 6.78. The van der Waals surface area contributed by atoms with Gasteiger partial charge in [-0.05, 0) is 38.5 Å². The summed E-state index contributed by atoms with van der Waals surface area (Å²) < 4.78 is 5.39. The summed E-state index contributed by atoms with van der Waals surface area (Å²) in [5.74, 6) is -1.64. The van der Waals surface area contributed by atoms with E-state index in [-0.39, 0.29) is 18.4 Å². The molecule has 6 nitrogen and oxygen atoms in total. The zero-order valence-electron chi connectivity index (χ0n) is 14.3. The third-order valence-corrected chi connectivity index (χ3v) is 3.91. The molecule has 0 fully saturated rings. The van der Waals surface area contributed by atoms with E-state index in [1.165, 1.54) is 0 Å². The maximum Gasteiger partial charge on any atom is 0.230 e. The van der Waals surface area contributed by atoms with E-state index in [2.05, 4.69) is 5.32 Å². The molecule has 3 N–H and O–H groups in total. The van der Waals surface area contributed by atoms with E-state index < -0.39 is 12.0 Å². The summed E-state index contributed by atoms with van der Waals surface area (Å²) in [4.78, 5) is 23.3. The molecule has 1 atom stereocenters. The van der Waals surface area contributed by atoms with Crippen molar-refractivity contribution in [3.05, 3.63) is 28.8 Å². The van der Waals surface area contributed by atoms with Crippen molar-refractivity contribution in [1.29, 1.82) is 0 Å². The number of rotatable bonds is 10. The topological polar surface area (TPSA) is 95.1 Å². The number of quaternary nitrogens is 1. The fourth-order valence-corrected chi connectivity index (χ4v) is 2.30. The largest absolute Gasteiger partial charge is 0.544 e. The van der Waals surface area contributed by atoms with Gasteiger partial charge in [0.25, 0.3) is 0 Å². The predicted octanol–water partition coefficient (Wildman–Crippen LogP) is 0.474. The summed E-state index contributed by atoms with van der Waals surface area (Å²) in [5.41, 5.74) is 1.32. The van der Waals surface area contributed by atoms with Gasteiger partial charge in [-0.25, -0.2) is 0 Å². The number of carbonyl (C=O) groups excluding carboxylic acids is 2. The zero-order valence-corrected chi connectivity index (χ0v) is 15.1. The van der Waals surface area contributed by atoms with Crippen LogP contribution in [-0.4, -0.2) is 37.2 Å². The number of anilines is 1. The Morgan fingerprint density at radius 2 is 2.08 bits per heavy atom. The number of hydrogen-bond acceptors (Lipinski definition) is 4. The molecule has 0 heterocycles. The minimum absolute atomic E-state index is 0.147. The van der Waals surface area contributed by atoms with Gasteiger partial charge in [0.2, 0.25) is 5.91 Å². The molecule has 0 saturated heterocycles. The fourth-order valence-electron chi connectivity index (χ4n) is 2.13. The van der Waals surface area contributed by atoms with E-state index in [1.54, 1.807) is 30.4 Å². The third kappa shape index (κ3) is 7.29. The second-order valence-electron chi connectivity index (χ2n) is 5.89. The number of halogens is 1. The van der Waals surface area contributed by atoms with E-state index in [4.69, 9.17) is 16.3 Å². The van der Waals surface area contributed by atoms with Gasteiger partial charge in [-0.15, -0.1) is 0 Å². The number of nitrogens with two attached hydrogens (primary N) is 1. The number of nitrogens with one attached hydrogen (secondary N) is 1. The van der Waals surface area contributed by atoms with E-state index in [0.717, 1.165) is 5.56 Å². The Hall–Kier alpha value is -1.63. The van der Waals surface area contributed by atoms with E-state index in [0.29, 0.717) is 30.3 Å². The smallest absolute Gasteiger partial charge is 0.230 e. The van der Waals surface area contributed by atoms with E-state index in [1.807, 2.05) is 13.8 Å². The molecule has 1 aromatic rings. The number of benzene rings is 1. The highest BCUT2D eigenvalue weighted by Crippen LogP contribution is 2.22. The zero-order chi connectivity index (χ0) is 18.1. The van der Waals surface area contributed by atoms with Crippen molar-refractivity contribution >= 4 is 29.2 Å². The maximum absolute atomic E-state index is 12.1. The molecule has 0 spiro atoms. The quantitative estimate of drug-likeness (QED) is 0.596. The van der Waals surface area contributed by atoms with Crippen LogP contribution >= 0.6 is 11.6 Å². The molecule has 1 aromatic carbocycles. The number of aliphatic carboxylic acids is 1. The lowest BCUT2D eigenvalue weighted by atomic mass is 10.1. The molecule has 1 rings (SSSR count). The Labute approximate surface area is 147 Å². The minimum atomic E-state index is -1.25. The number of carboxylic acid groups (broad SMARTS) is 1. The van der Waals surface area contributed by atoms with Gasteiger partial charge < -0.3 is 25.3 Å². The molecule has 0 aliphatic heterocycles. The van der Waals surface area contributed by atoms with Crippen LogP contribution in [-0.2, 0) is 14.3 Å². The lowest BCUT2D eigenvalue weighted by molar-refractivity contribution is -0.682. The minimum Gasteiger partial charge on any atom is -0.544 e. The average Bonchev–Trinajstić information content (AvgIpc) is 2.50. The number of amides is 1. The fraction of sp³-hybridized carbons (Fsp3) is 0.529. The van der Waals surface area contributed by atoms with Crippen molar-refractivity contribution in [2.24, 2.45) is 0 Å². The van der Waals surface area contributed by atoms with Crippen molar-refractivity contribution < 1.29 is 24.7 Å². The first kappa shape index (κ1) is 20.4. The second-order valence-corrected chi connectivity index (χ2v) is 6.29. The van der Waals surface area contributed by atoms with Gasteiger partial charge in [-0.3, -0.25) is 4.79 Å². The van der Waals surface area contributed by atoms with Crippen LogP contribution in [0, 0.1) is 6.92 Å². The lowest BCUT2D eigenvalue weighted by Crippen LogP contribution is -2.93. The van der Waals surface area contributed by atoms with Crippen LogP contribution in [0.5, 0.6) is 0 Å². The Morgan fingerprint density at radius 3 is 2.71 bits per heavy atom. The standard InChI is InChI=1S/C17H25ClN2O4/c1-11(2)24-9-5-8-19-15(17(22)23)10-16(21)20-14-7-4-6-13(18)12(14)3/h4,6-7,11,15,19H,5,8-10H2,1-3H3,(H,20,21)(H,22,23)/t15-/m0/s1. The van der Waals surface area contributed by atoms with E-state index in [9.17, 15) is 14.7 Å². The SMILES string of the molecule is Cc1c(Cl)cccc1NC(=O)C[C@H]([NH2+]CCCOC(C)C)C(=O)[O-]. The number of carbonyl (C=O) groups is 2. The van der Waals surface area contributed by atoms with Gasteiger partial charge in [-0.1, -0.05) is 17.7 Å². The number of hydrogen-bond donors (Lipinski definition) is 2. The van der Waals surface area contributed by atoms with Crippen molar-refractivity contribution in [1.82, 2.24) is 0 Å². The van der Waals surface area contributed by atoms with Gasteiger partial charge in [0.05, 0.1) is 31.6 Å². The molecule has 0 aromatic heterocycles. The van der Waals surface area contributed by atoms with Crippen LogP contribution in [0.3, 0.4) is 0 Å². The van der Waals surface area contributed by atoms with Gasteiger partial charge in [0.1, 0.15) is 6.04 Å². The van der Waals surface area contributed by atoms with Crippen LogP contribution in [0.4, 0.5) is 5.69 Å². The summed E-state index contributed by atoms with van der Waals surface area (Å²) >= 11 is 6.00. The molecular formula is C17H25ClN2O4. The predicted molar refractivity (Wildman–Crippen MR) is 90.7 cm³/mol. The summed E-state index contributed by atoms with van der Waals surface area (Å²) in [5, 5.41) is 16.0. The summed E-state index contributed by atoms with van der Waals surface area (Å²) in [6, 6.07) is 4.25. The highest BCUT2D eigenvalue weighted by molar-refractivity contribution is 6.31. The molecule has 0 aliphatic carbocycles. The molecule has 0 bridgehead atoms. The third-order valence-electron chi connectivity index (χ3n) is 3.50. The van der Waals surface area contributed by atoms with E-state index >= 15 is 0 Å². The Kier molecular flexibility index (Phi) is 8.74. The molecule has 7 heteroatoms. The van der Waals surface area contributed by atoms with Crippen molar-refractivity contribution in [3.63, 3.8) is 0 Å². The number of ether oxygens (including phenoxy) is 1. The van der Waals surface area contributed by atoms with Crippen molar-refractivity contribution in [2.45, 2.75) is 45.8 Å². The van der Waals surface area contributed by atoms with Crippen LogP contribution in [0.15, 0.2) is 18.2 Å². The highest BCUT2D eigenvalue weighted by atomic mass is 35.5. The Balaban J connectivity index is 2.48. The summed E-state index contributed by atoms with van der Waals surface area (Å²) in [6.07, 6.45) is 0.685. The Morgan fingerprint density at radius 1 is 1.38 bits per heavy atom. The molecule has 0 saturated carbocycles. The normalized spacial score (nSPS) is 12.2. The van der Waals surface area contributed by atoms with Gasteiger partial charge in [0, 0.05) is 17.1 Å². The molecule has 0 aliphatic rings. The first-order valence-corrected chi connectivity index (χ1v) is 8.39. The van der Waals surface area contributed by atoms with Gasteiger partial charge >= 0.3 is 0 Å². The second kappa shape index (κ2) is 10.3. The average molecular weight is 357 g/mol. The summed E-state index contributed by atoms with van der Waals surface area (Å²) in [7, 11) is 0. The first-order valence-electron chi connectivity index (χ1n) is 8.02. The molecular weight excluding hydrogens is 332 g/mol. The van der Waals surface area contributed by atoms with Crippen molar-refractivity contribution in [3.8, 4) is 0 Å². The molecule has 1 amide bonds. The molecule has 24 heavy (non-hydrogen) atoms. The van der Waals surface area contributed by atoms with Gasteiger partial charge in [0.15, 0.2) is 0 Å². The van der Waals surface area contributed by atoms with Crippen LogP contribution in [0.2, 0.25) is 5.02 Å². The lowest BCUT2D eigenvalue weighted by Gasteiger charge is -2.17. The Bertz CT molecular complexity index is 564. The maximum atomic E-state index is 12.1. The number of carboxylic acids is 1. The van der Waals surface area contributed by atoms with Crippen LogP contribution in [0.25, 0.3) is 0 Å². The molecule has 0 radical (unpaired) electrons. The molecule has 134 valence electrons.